The van der Waals surface area contributed by atoms with Crippen molar-refractivity contribution in [2.24, 2.45) is 17.8 Å². The highest BCUT2D eigenvalue weighted by molar-refractivity contribution is 5.05. The second kappa shape index (κ2) is 7.92. The molecule has 0 aromatic carbocycles. The van der Waals surface area contributed by atoms with Crippen LogP contribution in [0, 0.1) is 17.8 Å². The average molecular weight is 237 g/mol. The first kappa shape index (κ1) is 14.8. The zero-order valence-corrected chi connectivity index (χ0v) is 12.3. The fourth-order valence-electron chi connectivity index (χ4n) is 3.19. The SMILES string of the molecule is CCCNCCC=C(C)C1CC(C)CC(C)C1. The first-order chi connectivity index (χ1) is 8.13. The third-order valence-corrected chi connectivity index (χ3v) is 4.04. The minimum absolute atomic E-state index is 0.861. The van der Waals surface area contributed by atoms with Gasteiger partial charge in [-0.15, -0.1) is 0 Å². The highest BCUT2D eigenvalue weighted by Gasteiger charge is 2.24. The van der Waals surface area contributed by atoms with Crippen molar-refractivity contribution >= 4 is 0 Å². The van der Waals surface area contributed by atoms with Gasteiger partial charge in [-0.1, -0.05) is 32.4 Å². The van der Waals surface area contributed by atoms with Crippen LogP contribution in [-0.2, 0) is 0 Å². The minimum atomic E-state index is 0.861. The van der Waals surface area contributed by atoms with Crippen LogP contribution in [0.15, 0.2) is 11.6 Å². The number of hydrogen-bond acceptors (Lipinski definition) is 1. The summed E-state index contributed by atoms with van der Waals surface area (Å²) in [6.45, 7) is 11.7. The summed E-state index contributed by atoms with van der Waals surface area (Å²) >= 11 is 0. The Bertz CT molecular complexity index is 222. The maximum atomic E-state index is 3.47. The summed E-state index contributed by atoms with van der Waals surface area (Å²) < 4.78 is 0. The molecule has 2 atom stereocenters. The van der Waals surface area contributed by atoms with Gasteiger partial charge in [0.05, 0.1) is 0 Å². The van der Waals surface area contributed by atoms with Crippen molar-refractivity contribution in [3.63, 3.8) is 0 Å². The molecule has 1 aliphatic carbocycles. The zero-order valence-electron chi connectivity index (χ0n) is 12.3. The van der Waals surface area contributed by atoms with E-state index < -0.39 is 0 Å². The van der Waals surface area contributed by atoms with Crippen LogP contribution in [0.2, 0.25) is 0 Å². The van der Waals surface area contributed by atoms with Gasteiger partial charge in [-0.3, -0.25) is 0 Å². The lowest BCUT2D eigenvalue weighted by Gasteiger charge is -2.32. The van der Waals surface area contributed by atoms with Crippen LogP contribution in [0.3, 0.4) is 0 Å². The van der Waals surface area contributed by atoms with Gasteiger partial charge in [-0.25, -0.2) is 0 Å². The van der Waals surface area contributed by atoms with Gasteiger partial charge in [0.25, 0.3) is 0 Å². The Hall–Kier alpha value is -0.300. The smallest absolute Gasteiger partial charge is 0.00142 e. The largest absolute Gasteiger partial charge is 0.316 e. The van der Waals surface area contributed by atoms with Crippen molar-refractivity contribution in [2.75, 3.05) is 13.1 Å². The van der Waals surface area contributed by atoms with Crippen molar-refractivity contribution in [3.05, 3.63) is 11.6 Å². The fraction of sp³-hybridized carbons (Fsp3) is 0.875. The summed E-state index contributed by atoms with van der Waals surface area (Å²) in [5.41, 5.74) is 1.64. The Kier molecular flexibility index (Phi) is 6.87. The van der Waals surface area contributed by atoms with Gasteiger partial charge in [-0.05, 0) is 69.9 Å². The van der Waals surface area contributed by atoms with Crippen molar-refractivity contribution in [2.45, 2.75) is 59.8 Å². The normalized spacial score (nSPS) is 30.6. The van der Waals surface area contributed by atoms with Crippen molar-refractivity contribution in [1.82, 2.24) is 5.32 Å². The van der Waals surface area contributed by atoms with Crippen molar-refractivity contribution in [3.8, 4) is 0 Å². The number of nitrogens with one attached hydrogen (secondary N) is 1. The van der Waals surface area contributed by atoms with Gasteiger partial charge in [0.1, 0.15) is 0 Å². The summed E-state index contributed by atoms with van der Waals surface area (Å²) in [6, 6.07) is 0. The third-order valence-electron chi connectivity index (χ3n) is 4.04. The quantitative estimate of drug-likeness (QED) is 0.533. The third kappa shape index (κ3) is 5.72. The molecule has 1 rings (SSSR count). The molecular formula is C16H31N. The van der Waals surface area contributed by atoms with Gasteiger partial charge in [-0.2, -0.15) is 0 Å². The van der Waals surface area contributed by atoms with E-state index in [1.165, 1.54) is 32.1 Å². The molecule has 0 saturated heterocycles. The summed E-state index contributed by atoms with van der Waals surface area (Å²) in [5, 5.41) is 3.47. The molecular weight excluding hydrogens is 206 g/mol. The number of hydrogen-bond donors (Lipinski definition) is 1. The average Bonchev–Trinajstić information content (AvgIpc) is 2.27. The van der Waals surface area contributed by atoms with Crippen LogP contribution in [0.4, 0.5) is 0 Å². The Morgan fingerprint density at radius 3 is 2.35 bits per heavy atom. The molecule has 2 unspecified atom stereocenters. The second-order valence-corrected chi connectivity index (χ2v) is 6.10. The summed E-state index contributed by atoms with van der Waals surface area (Å²) in [5.74, 6) is 2.70. The first-order valence-corrected chi connectivity index (χ1v) is 7.50. The van der Waals surface area contributed by atoms with Crippen LogP contribution >= 0.6 is 0 Å². The molecule has 0 heterocycles. The lowest BCUT2D eigenvalue weighted by atomic mass is 9.74. The van der Waals surface area contributed by atoms with Crippen molar-refractivity contribution < 1.29 is 0 Å². The molecule has 0 aromatic rings. The van der Waals surface area contributed by atoms with E-state index in [0.717, 1.165) is 30.8 Å². The molecule has 0 bridgehead atoms. The number of allylic oxidation sites excluding steroid dienone is 1. The maximum Gasteiger partial charge on any atom is -0.00142 e. The maximum absolute atomic E-state index is 3.47. The summed E-state index contributed by atoms with van der Waals surface area (Å²) in [6.07, 6.45) is 9.16. The van der Waals surface area contributed by atoms with E-state index in [2.05, 4.69) is 39.1 Å². The molecule has 1 fully saturated rings. The van der Waals surface area contributed by atoms with Gasteiger partial charge >= 0.3 is 0 Å². The molecule has 0 amide bonds. The Balaban J connectivity index is 2.29. The highest BCUT2D eigenvalue weighted by Crippen LogP contribution is 2.36. The molecule has 1 heteroatoms. The van der Waals surface area contributed by atoms with E-state index in [0.29, 0.717) is 0 Å². The topological polar surface area (TPSA) is 12.0 Å². The second-order valence-electron chi connectivity index (χ2n) is 6.10. The minimum Gasteiger partial charge on any atom is -0.316 e. The lowest BCUT2D eigenvalue weighted by Crippen LogP contribution is -2.20. The molecule has 1 aliphatic rings. The van der Waals surface area contributed by atoms with E-state index in [4.69, 9.17) is 0 Å². The van der Waals surface area contributed by atoms with Crippen LogP contribution in [-0.4, -0.2) is 13.1 Å². The van der Waals surface area contributed by atoms with Gasteiger partial charge in [0.15, 0.2) is 0 Å². The van der Waals surface area contributed by atoms with E-state index in [1.807, 2.05) is 0 Å². The predicted octanol–water partition coefficient (Wildman–Crippen LogP) is 4.39. The number of rotatable bonds is 6. The van der Waals surface area contributed by atoms with E-state index in [1.54, 1.807) is 5.57 Å². The molecule has 0 spiro atoms. The molecule has 1 N–H and O–H groups in total. The zero-order chi connectivity index (χ0) is 12.7. The van der Waals surface area contributed by atoms with E-state index in [-0.39, 0.29) is 0 Å². The Morgan fingerprint density at radius 2 is 1.76 bits per heavy atom. The predicted molar refractivity (Wildman–Crippen MR) is 77.2 cm³/mol. The van der Waals surface area contributed by atoms with Crippen LogP contribution in [0.25, 0.3) is 0 Å². The fourth-order valence-corrected chi connectivity index (χ4v) is 3.19. The molecule has 17 heavy (non-hydrogen) atoms. The van der Waals surface area contributed by atoms with Gasteiger partial charge < -0.3 is 5.32 Å². The molecule has 0 aliphatic heterocycles. The standard InChI is InChI=1S/C16H31N/c1-5-8-17-9-6-7-15(4)16-11-13(2)10-14(3)12-16/h7,13-14,16-17H,5-6,8-12H2,1-4H3. The van der Waals surface area contributed by atoms with Crippen molar-refractivity contribution in [1.29, 1.82) is 0 Å². The Labute approximate surface area is 108 Å². The van der Waals surface area contributed by atoms with E-state index >= 15 is 0 Å². The van der Waals surface area contributed by atoms with Crippen LogP contribution < -0.4 is 5.32 Å². The van der Waals surface area contributed by atoms with Crippen LogP contribution in [0.1, 0.15) is 59.8 Å². The van der Waals surface area contributed by atoms with Gasteiger partial charge in [0, 0.05) is 0 Å². The first-order valence-electron chi connectivity index (χ1n) is 7.50. The molecule has 1 nitrogen and oxygen atoms in total. The molecule has 0 radical (unpaired) electrons. The van der Waals surface area contributed by atoms with Crippen LogP contribution in [0.5, 0.6) is 0 Å². The van der Waals surface area contributed by atoms with E-state index in [9.17, 15) is 0 Å². The van der Waals surface area contributed by atoms with Gasteiger partial charge in [0.2, 0.25) is 0 Å². The molecule has 1 saturated carbocycles. The summed E-state index contributed by atoms with van der Waals surface area (Å²) in [4.78, 5) is 0. The molecule has 0 aromatic heterocycles. The monoisotopic (exact) mass is 237 g/mol. The molecule has 100 valence electrons. The lowest BCUT2D eigenvalue weighted by molar-refractivity contribution is 0.243. The Morgan fingerprint density at radius 1 is 1.12 bits per heavy atom. The highest BCUT2D eigenvalue weighted by atomic mass is 14.8. The summed E-state index contributed by atoms with van der Waals surface area (Å²) in [7, 11) is 0.